The maximum Gasteiger partial charge on any atom is 0.302 e. The summed E-state index contributed by atoms with van der Waals surface area (Å²) in [5, 5.41) is 23.1. The molecule has 1 aromatic carbocycles. The third-order valence-electron chi connectivity index (χ3n) is 21.1. The Morgan fingerprint density at radius 2 is 0.557 bits per heavy atom. The maximum absolute atomic E-state index is 12.3. The summed E-state index contributed by atoms with van der Waals surface area (Å²) in [6.45, 7) is 47.5. The standard InChI is InChI=1S/C19H27NO3.C19H26O4.C18H28O2.2C18H26O2/c1-12(8-6-7-11-20-16(5)21)9-10-17-15(4)18(22)13(2)14(3)19(17)23;1-12(8-6-7-11-23-16(5)20)9-10-17-15(4)18(21)13(2)14(3)19(17)22;3*1-6-7-8-9-12(2)10-11-16-15(5)17(19)13(3)14(4)18(16)20/h9H,6-8,10-11H2,1-5H3,(H,20,21);9H,6-8,10-11H2,1-5H3;10,19-20H,6-9,11H2,1-5H3;2*10H,6-9,11H2,1-5H3/b2*12-9+;3*12-10+. The van der Waals surface area contributed by atoms with Crippen LogP contribution in [-0.2, 0) is 59.1 Å². The molecule has 0 bridgehead atoms. The highest BCUT2D eigenvalue weighted by atomic mass is 16.5. The van der Waals surface area contributed by atoms with E-state index in [1.807, 2.05) is 46.8 Å². The molecule has 4 aliphatic rings. The number of phenolic OH excluding ortho intramolecular Hbond substituents is 2. The zero-order chi connectivity index (χ0) is 81.0. The van der Waals surface area contributed by atoms with Crippen molar-refractivity contribution >= 4 is 58.1 Å². The number of esters is 1. The van der Waals surface area contributed by atoms with Crippen LogP contribution < -0.4 is 5.32 Å². The number of carbonyl (C=O) groups is 10. The van der Waals surface area contributed by atoms with Gasteiger partial charge < -0.3 is 20.3 Å². The molecule has 0 aromatic heterocycles. The van der Waals surface area contributed by atoms with Crippen LogP contribution in [0.25, 0.3) is 0 Å². The normalized spacial score (nSPS) is 15.9. The SMILES string of the molecule is CC(=O)NCCCC/C(C)=C/CC1=C(C)C(=O)C(C)=C(C)C1=O.CC(=O)OCCCC/C(C)=C/CC1=C(C)C(=O)C(C)=C(C)C1=O.CCCCC/C(C)=C/CC1=C(C)C(=O)C(C)=C(C)C1=O.CCCCC/C(C)=C/CC1=C(C)C(=O)C(C)=C(C)C1=O.CCCCC/C(C)=C/Cc1c(C)c(O)c(C)c(C)c1O. The first-order valence-electron chi connectivity index (χ1n) is 38.7. The van der Waals surface area contributed by atoms with Gasteiger partial charge in [0.15, 0.2) is 46.3 Å². The second-order valence-corrected chi connectivity index (χ2v) is 29.5. The van der Waals surface area contributed by atoms with Crippen LogP contribution in [0.3, 0.4) is 0 Å². The summed E-state index contributed by atoms with van der Waals surface area (Å²) >= 11 is 0. The topological polar surface area (TPSA) is 232 Å². The number of nitrogens with one attached hydrogen (secondary N) is 1. The smallest absolute Gasteiger partial charge is 0.302 e. The van der Waals surface area contributed by atoms with Crippen molar-refractivity contribution in [3.05, 3.63) is 170 Å². The first kappa shape index (κ1) is 95.8. The van der Waals surface area contributed by atoms with E-state index in [9.17, 15) is 58.2 Å². The van der Waals surface area contributed by atoms with Crippen LogP contribution in [0.1, 0.15) is 316 Å². The molecule has 584 valence electrons. The van der Waals surface area contributed by atoms with Gasteiger partial charge in [0.05, 0.1) is 6.61 Å². The number of allylic oxidation sites excluding steroid dienone is 26. The lowest BCUT2D eigenvalue weighted by Gasteiger charge is -2.17. The van der Waals surface area contributed by atoms with Crippen molar-refractivity contribution < 1.29 is 62.9 Å². The molecular formula is C92H133NO13. The van der Waals surface area contributed by atoms with E-state index in [4.69, 9.17) is 4.74 Å². The Balaban J connectivity index is 0.000000664. The highest BCUT2D eigenvalue weighted by Crippen LogP contribution is 2.37. The maximum atomic E-state index is 12.3. The van der Waals surface area contributed by atoms with E-state index >= 15 is 0 Å². The summed E-state index contributed by atoms with van der Waals surface area (Å²) in [4.78, 5) is 119. The zero-order valence-electron chi connectivity index (χ0n) is 69.9. The molecule has 1 amide bonds. The Labute approximate surface area is 638 Å². The van der Waals surface area contributed by atoms with Crippen LogP contribution in [0.15, 0.2) is 147 Å². The molecule has 106 heavy (non-hydrogen) atoms. The van der Waals surface area contributed by atoms with Crippen molar-refractivity contribution in [2.75, 3.05) is 13.2 Å². The van der Waals surface area contributed by atoms with Gasteiger partial charge in [-0.1, -0.05) is 118 Å². The first-order chi connectivity index (χ1) is 49.7. The summed E-state index contributed by atoms with van der Waals surface area (Å²) in [6.07, 6.45) is 33.1. The van der Waals surface area contributed by atoms with Crippen LogP contribution in [0.5, 0.6) is 11.5 Å². The number of rotatable bonds is 32. The van der Waals surface area contributed by atoms with Gasteiger partial charge in [-0.2, -0.15) is 0 Å². The molecular weight excluding hydrogens is 1330 g/mol. The summed E-state index contributed by atoms with van der Waals surface area (Å²) in [6, 6.07) is 0. The summed E-state index contributed by atoms with van der Waals surface area (Å²) in [5.41, 5.74) is 19.2. The molecule has 4 aliphatic carbocycles. The third kappa shape index (κ3) is 30.5. The second kappa shape index (κ2) is 48.8. The second-order valence-electron chi connectivity index (χ2n) is 29.5. The number of amides is 1. The monoisotopic (exact) mass is 1460 g/mol. The van der Waals surface area contributed by atoms with Gasteiger partial charge in [-0.3, -0.25) is 47.9 Å². The molecule has 0 fully saturated rings. The molecule has 0 heterocycles. The van der Waals surface area contributed by atoms with E-state index in [-0.39, 0.29) is 58.1 Å². The van der Waals surface area contributed by atoms with Crippen molar-refractivity contribution in [2.45, 2.75) is 321 Å². The van der Waals surface area contributed by atoms with Crippen LogP contribution >= 0.6 is 0 Å². The predicted octanol–water partition coefficient (Wildman–Crippen LogP) is 21.8. The fourth-order valence-corrected chi connectivity index (χ4v) is 12.4. The summed E-state index contributed by atoms with van der Waals surface area (Å²) in [7, 11) is 0. The van der Waals surface area contributed by atoms with E-state index in [0.717, 1.165) is 80.0 Å². The highest BCUT2D eigenvalue weighted by Gasteiger charge is 2.31. The lowest BCUT2D eigenvalue weighted by molar-refractivity contribution is -0.141. The number of carbonyl (C=O) groups excluding carboxylic acids is 10. The van der Waals surface area contributed by atoms with Gasteiger partial charge in [-0.05, 0) is 264 Å². The number of aromatic hydroxyl groups is 2. The van der Waals surface area contributed by atoms with Gasteiger partial charge in [0.1, 0.15) is 11.5 Å². The molecule has 5 rings (SSSR count). The third-order valence-corrected chi connectivity index (χ3v) is 21.1. The van der Waals surface area contributed by atoms with Gasteiger partial charge in [-0.15, -0.1) is 0 Å². The van der Waals surface area contributed by atoms with Crippen LogP contribution in [0, 0.1) is 20.8 Å². The summed E-state index contributed by atoms with van der Waals surface area (Å²) < 4.78 is 4.89. The van der Waals surface area contributed by atoms with Gasteiger partial charge in [-0.25, -0.2) is 0 Å². The molecule has 14 heteroatoms. The fourth-order valence-electron chi connectivity index (χ4n) is 12.4. The Hall–Kier alpha value is -8.26. The van der Waals surface area contributed by atoms with Crippen molar-refractivity contribution in [2.24, 2.45) is 0 Å². The van der Waals surface area contributed by atoms with Gasteiger partial charge >= 0.3 is 5.97 Å². The zero-order valence-corrected chi connectivity index (χ0v) is 69.9. The average molecular weight is 1460 g/mol. The van der Waals surface area contributed by atoms with Crippen molar-refractivity contribution in [3.8, 4) is 11.5 Å². The Kier molecular flexibility index (Phi) is 44.1. The Morgan fingerprint density at radius 1 is 0.311 bits per heavy atom. The predicted molar refractivity (Wildman–Crippen MR) is 435 cm³/mol. The van der Waals surface area contributed by atoms with Crippen LogP contribution in [-0.4, -0.2) is 81.5 Å². The number of hydrogen-bond donors (Lipinski definition) is 3. The van der Waals surface area contributed by atoms with Crippen molar-refractivity contribution in [1.82, 2.24) is 5.32 Å². The number of ketones is 8. The van der Waals surface area contributed by atoms with E-state index < -0.39 is 0 Å². The largest absolute Gasteiger partial charge is 0.507 e. The number of hydrogen-bond acceptors (Lipinski definition) is 13. The molecule has 1 aromatic rings. The minimum Gasteiger partial charge on any atom is -0.507 e. The molecule has 0 atom stereocenters. The summed E-state index contributed by atoms with van der Waals surface area (Å²) in [5.74, 6) is 0.453. The molecule has 0 radical (unpaired) electrons. The number of benzene rings is 1. The van der Waals surface area contributed by atoms with Crippen molar-refractivity contribution in [1.29, 1.82) is 0 Å². The lowest BCUT2D eigenvalue weighted by atomic mass is 9.84. The molecule has 0 spiro atoms. The molecule has 14 nitrogen and oxygen atoms in total. The number of unbranched alkanes of at least 4 members (excludes halogenated alkanes) is 8. The quantitative estimate of drug-likeness (QED) is 0.0201. The van der Waals surface area contributed by atoms with E-state index in [0.29, 0.717) is 146 Å². The van der Waals surface area contributed by atoms with Crippen molar-refractivity contribution in [3.63, 3.8) is 0 Å². The van der Waals surface area contributed by atoms with Gasteiger partial charge in [0.25, 0.3) is 0 Å². The number of Topliss-reactive ketones (excluding diaryl/α,β-unsaturated/α-hetero) is 8. The molecule has 0 saturated carbocycles. The van der Waals surface area contributed by atoms with E-state index in [1.54, 1.807) is 83.1 Å². The fraction of sp³-hybridized carbons (Fsp3) is 0.543. The lowest BCUT2D eigenvalue weighted by Crippen LogP contribution is -2.20. The number of ether oxygens (including phenoxy) is 1. The van der Waals surface area contributed by atoms with Gasteiger partial charge in [0, 0.05) is 115 Å². The van der Waals surface area contributed by atoms with E-state index in [1.165, 1.54) is 99.5 Å². The Bertz CT molecular complexity index is 3640. The van der Waals surface area contributed by atoms with E-state index in [2.05, 4.69) is 65.1 Å². The van der Waals surface area contributed by atoms with Crippen LogP contribution in [0.2, 0.25) is 0 Å². The molecule has 3 N–H and O–H groups in total. The minimum atomic E-state index is -0.251. The number of phenols is 2. The minimum absolute atomic E-state index is 0.00104. The van der Waals surface area contributed by atoms with Crippen LogP contribution in [0.4, 0.5) is 0 Å². The molecule has 0 unspecified atom stereocenters. The highest BCUT2D eigenvalue weighted by molar-refractivity contribution is 6.27. The molecule has 0 saturated heterocycles. The average Bonchev–Trinajstić information content (AvgIpc) is 0.835. The molecule has 0 aliphatic heterocycles. The first-order valence-corrected chi connectivity index (χ1v) is 38.7. The van der Waals surface area contributed by atoms with Gasteiger partial charge in [0.2, 0.25) is 5.91 Å². The Morgan fingerprint density at radius 3 is 0.821 bits per heavy atom.